The molecule has 0 saturated heterocycles. The molecule has 284 valence electrons. The number of nitrogens with zero attached hydrogens (tertiary/aromatic N) is 2. The first-order valence-electron chi connectivity index (χ1n) is 17.1. The molecule has 4 atom stereocenters. The van der Waals surface area contributed by atoms with E-state index in [1.165, 1.54) is 53.2 Å². The number of nitrogens with one attached hydrogen (secondary N) is 2. The van der Waals surface area contributed by atoms with Crippen LogP contribution in [0.2, 0.25) is 0 Å². The third-order valence-corrected chi connectivity index (χ3v) is 10.3. The molecule has 0 aromatic heterocycles. The Kier molecular flexibility index (Phi) is 13.6. The van der Waals surface area contributed by atoms with Crippen molar-refractivity contribution in [3.05, 3.63) is 83.4 Å². The Morgan fingerprint density at radius 1 is 1.04 bits per heavy atom. The highest BCUT2D eigenvalue weighted by Gasteiger charge is 2.32. The van der Waals surface area contributed by atoms with Crippen molar-refractivity contribution in [1.82, 2.24) is 9.80 Å². The number of likely N-dealkylation sites (N-methyl/N-ethyl adjacent to an activating group) is 1. The number of anilines is 2. The second-order valence-electron chi connectivity index (χ2n) is 13.3. The number of aliphatic hydroxyl groups excluding tert-OH is 1. The monoisotopic (exact) mass is 748 g/mol. The molecule has 0 radical (unpaired) electrons. The maximum Gasteiger partial charge on any atom is 0.416 e. The lowest BCUT2D eigenvalue weighted by Gasteiger charge is -2.35. The molecular formula is C37H47F3N4O7S. The van der Waals surface area contributed by atoms with Gasteiger partial charge in [0.1, 0.15) is 5.75 Å². The lowest BCUT2D eigenvalue weighted by molar-refractivity contribution is -0.137. The Morgan fingerprint density at radius 3 is 2.33 bits per heavy atom. The highest BCUT2D eigenvalue weighted by molar-refractivity contribution is 7.92. The topological polar surface area (TPSA) is 138 Å². The summed E-state index contributed by atoms with van der Waals surface area (Å²) in [4.78, 5) is 30.4. The highest BCUT2D eigenvalue weighted by atomic mass is 32.2. The van der Waals surface area contributed by atoms with E-state index in [0.29, 0.717) is 19.4 Å². The van der Waals surface area contributed by atoms with E-state index in [4.69, 9.17) is 9.47 Å². The van der Waals surface area contributed by atoms with E-state index in [2.05, 4.69) is 10.0 Å². The molecule has 0 spiro atoms. The van der Waals surface area contributed by atoms with Crippen LogP contribution < -0.4 is 14.8 Å². The normalized spacial score (nSPS) is 19.8. The molecule has 1 aliphatic rings. The number of benzene rings is 3. The van der Waals surface area contributed by atoms with Gasteiger partial charge in [-0.3, -0.25) is 9.52 Å². The molecule has 3 aromatic rings. The number of aliphatic hydroxyl groups is 1. The second kappa shape index (κ2) is 17.5. The van der Waals surface area contributed by atoms with Crippen LogP contribution in [0.4, 0.5) is 29.3 Å². The van der Waals surface area contributed by atoms with Crippen LogP contribution in [0.25, 0.3) is 0 Å². The van der Waals surface area contributed by atoms with Crippen molar-refractivity contribution in [3.63, 3.8) is 0 Å². The number of aryl methyl sites for hydroxylation is 1. The third kappa shape index (κ3) is 10.8. The first-order chi connectivity index (χ1) is 24.5. The summed E-state index contributed by atoms with van der Waals surface area (Å²) in [7, 11) is -2.45. The summed E-state index contributed by atoms with van der Waals surface area (Å²) in [6.07, 6.45) is -3.34. The van der Waals surface area contributed by atoms with Gasteiger partial charge in [-0.15, -0.1) is 0 Å². The van der Waals surface area contributed by atoms with E-state index in [9.17, 15) is 36.3 Å². The molecule has 0 saturated carbocycles. The van der Waals surface area contributed by atoms with Crippen molar-refractivity contribution in [2.75, 3.05) is 43.4 Å². The van der Waals surface area contributed by atoms with Crippen LogP contribution in [0.5, 0.6) is 5.75 Å². The molecule has 11 nitrogen and oxygen atoms in total. The Labute approximate surface area is 303 Å². The lowest BCUT2D eigenvalue weighted by Crippen LogP contribution is -2.48. The van der Waals surface area contributed by atoms with Crippen LogP contribution in [0.3, 0.4) is 0 Å². The van der Waals surface area contributed by atoms with Crippen molar-refractivity contribution in [2.24, 2.45) is 5.92 Å². The van der Waals surface area contributed by atoms with E-state index in [1.807, 2.05) is 20.8 Å². The van der Waals surface area contributed by atoms with Gasteiger partial charge in [0, 0.05) is 44.0 Å². The number of ether oxygens (including phenoxy) is 2. The largest absolute Gasteiger partial charge is 0.490 e. The van der Waals surface area contributed by atoms with E-state index in [0.717, 1.165) is 24.1 Å². The number of rotatable bonds is 8. The minimum absolute atomic E-state index is 0.0581. The zero-order chi connectivity index (χ0) is 38.2. The summed E-state index contributed by atoms with van der Waals surface area (Å²) < 4.78 is 80.5. The Morgan fingerprint density at radius 2 is 1.69 bits per heavy atom. The number of fused-ring (bicyclic) bond motifs is 1. The van der Waals surface area contributed by atoms with Crippen molar-refractivity contribution in [1.29, 1.82) is 0 Å². The minimum Gasteiger partial charge on any atom is -0.490 e. The van der Waals surface area contributed by atoms with Crippen LogP contribution in [0.1, 0.15) is 61.5 Å². The smallest absolute Gasteiger partial charge is 0.416 e. The Bertz CT molecular complexity index is 1770. The van der Waals surface area contributed by atoms with Crippen molar-refractivity contribution < 1.29 is 45.8 Å². The number of amides is 3. The van der Waals surface area contributed by atoms with Gasteiger partial charge in [0.15, 0.2) is 0 Å². The van der Waals surface area contributed by atoms with Gasteiger partial charge >= 0.3 is 12.2 Å². The van der Waals surface area contributed by atoms with Crippen molar-refractivity contribution in [2.45, 2.75) is 76.3 Å². The molecule has 0 aliphatic carbocycles. The number of carbonyl (C=O) groups is 2. The molecule has 0 fully saturated rings. The molecule has 52 heavy (non-hydrogen) atoms. The van der Waals surface area contributed by atoms with Crippen molar-refractivity contribution >= 4 is 33.3 Å². The van der Waals surface area contributed by atoms with Gasteiger partial charge in [0.2, 0.25) is 0 Å². The fraction of sp³-hybridized carbons (Fsp3) is 0.459. The highest BCUT2D eigenvalue weighted by Crippen LogP contribution is 2.31. The number of hydrogen-bond donors (Lipinski definition) is 3. The molecule has 15 heteroatoms. The molecule has 0 unspecified atom stereocenters. The quantitative estimate of drug-likeness (QED) is 0.231. The summed E-state index contributed by atoms with van der Waals surface area (Å²) in [5, 5.41) is 12.8. The standard InChI is InChI=1S/C37H47F3N4O7S/c1-24-9-16-31(17-10-24)52(48,49)42-30-15-18-33-32(20-30)35(46)44(26(3)23-45)21-25(2)34(50-19-7-6-8-27(4)51-33)22-43(5)36(47)41-29-13-11-28(12-14-29)37(38,39)40/h9-18,20,25-27,34,42,45H,6-8,19,21-23H2,1-5H3,(H,41,47)/t25-,26+,27-,34+/m1/s1. The van der Waals surface area contributed by atoms with Gasteiger partial charge in [-0.1, -0.05) is 24.6 Å². The Balaban J connectivity index is 1.59. The number of halogens is 3. The van der Waals surface area contributed by atoms with Gasteiger partial charge in [-0.25, -0.2) is 13.2 Å². The van der Waals surface area contributed by atoms with E-state index < -0.39 is 45.8 Å². The van der Waals surface area contributed by atoms with Crippen LogP contribution in [0, 0.1) is 12.8 Å². The predicted molar refractivity (Wildman–Crippen MR) is 192 cm³/mol. The minimum atomic E-state index is -4.50. The van der Waals surface area contributed by atoms with Gasteiger partial charge in [-0.05, 0) is 94.6 Å². The molecule has 3 amide bonds. The Hall–Kier alpha value is -4.34. The van der Waals surface area contributed by atoms with Gasteiger partial charge in [0.25, 0.3) is 15.9 Å². The summed E-state index contributed by atoms with van der Waals surface area (Å²) in [6, 6.07) is 13.8. The molecule has 3 aromatic carbocycles. The summed E-state index contributed by atoms with van der Waals surface area (Å²) >= 11 is 0. The number of urea groups is 1. The van der Waals surface area contributed by atoms with E-state index in [-0.39, 0.29) is 59.3 Å². The summed E-state index contributed by atoms with van der Waals surface area (Å²) in [5.41, 5.74) is 0.506. The average Bonchev–Trinajstić information content (AvgIpc) is 3.09. The fourth-order valence-electron chi connectivity index (χ4n) is 5.69. The number of carbonyl (C=O) groups excluding carboxylic acids is 2. The zero-order valence-electron chi connectivity index (χ0n) is 29.9. The van der Waals surface area contributed by atoms with Crippen LogP contribution in [0.15, 0.2) is 71.6 Å². The molecule has 1 heterocycles. The first kappa shape index (κ1) is 40.4. The zero-order valence-corrected chi connectivity index (χ0v) is 30.8. The van der Waals surface area contributed by atoms with Gasteiger partial charge in [0.05, 0.1) is 40.9 Å². The van der Waals surface area contributed by atoms with Gasteiger partial charge < -0.3 is 29.7 Å². The second-order valence-corrected chi connectivity index (χ2v) is 15.0. The maximum atomic E-state index is 14.4. The maximum absolute atomic E-state index is 14.4. The molecule has 4 rings (SSSR count). The number of hydrogen-bond acceptors (Lipinski definition) is 7. The molecule has 3 N–H and O–H groups in total. The predicted octanol–water partition coefficient (Wildman–Crippen LogP) is 6.77. The van der Waals surface area contributed by atoms with Crippen LogP contribution in [-0.4, -0.2) is 86.9 Å². The average molecular weight is 749 g/mol. The number of sulfonamides is 1. The SMILES string of the molecule is Cc1ccc(S(=O)(=O)Nc2ccc3c(c2)C(=O)N([C@@H](C)CO)C[C@@H](C)[C@H](CN(C)C(=O)Nc2ccc(C(F)(F)F)cc2)OCCCC[C@@H](C)O3)cc1. The van der Waals surface area contributed by atoms with E-state index >= 15 is 0 Å². The molecule has 0 bridgehead atoms. The van der Waals surface area contributed by atoms with E-state index in [1.54, 1.807) is 25.1 Å². The third-order valence-electron chi connectivity index (χ3n) is 8.90. The van der Waals surface area contributed by atoms with Gasteiger partial charge in [-0.2, -0.15) is 13.2 Å². The first-order valence-corrected chi connectivity index (χ1v) is 18.6. The number of alkyl halides is 3. The van der Waals surface area contributed by atoms with Crippen LogP contribution in [-0.2, 0) is 20.9 Å². The van der Waals surface area contributed by atoms with Crippen molar-refractivity contribution in [3.8, 4) is 5.75 Å². The molecular weight excluding hydrogens is 701 g/mol. The summed E-state index contributed by atoms with van der Waals surface area (Å²) in [6.45, 7) is 7.43. The summed E-state index contributed by atoms with van der Waals surface area (Å²) in [5.74, 6) is -0.618. The fourth-order valence-corrected chi connectivity index (χ4v) is 6.74. The lowest BCUT2D eigenvalue weighted by atomic mass is 10.0. The molecule has 1 aliphatic heterocycles. The van der Waals surface area contributed by atoms with Crippen LogP contribution >= 0.6 is 0 Å².